The predicted octanol–water partition coefficient (Wildman–Crippen LogP) is 3.62. The number of benzene rings is 1. The molecule has 0 bridgehead atoms. The number of hydrogen-bond acceptors (Lipinski definition) is 2. The Labute approximate surface area is 103 Å². The Kier molecular flexibility index (Phi) is 3.24. The van der Waals surface area contributed by atoms with E-state index in [0.717, 1.165) is 10.0 Å². The molecular weight excluding hydrogens is 277 g/mol. The molecule has 1 aliphatic rings. The second-order valence-electron chi connectivity index (χ2n) is 3.99. The molecule has 2 rings (SSSR count). The first-order chi connectivity index (χ1) is 7.08. The number of hydrogen-bond donors (Lipinski definition) is 2. The lowest BCUT2D eigenvalue weighted by Crippen LogP contribution is -2.20. The predicted molar refractivity (Wildman–Crippen MR) is 65.4 cm³/mol. The summed E-state index contributed by atoms with van der Waals surface area (Å²) in [6.07, 6.45) is 2.46. The second-order valence-corrected chi connectivity index (χ2v) is 5.31. The van der Waals surface area contributed by atoms with Crippen LogP contribution in [-0.2, 0) is 0 Å². The summed E-state index contributed by atoms with van der Waals surface area (Å²) in [5, 5.41) is 13.7. The Bertz CT molecular complexity index is 379. The van der Waals surface area contributed by atoms with Crippen molar-refractivity contribution in [3.05, 3.63) is 27.2 Å². The lowest BCUT2D eigenvalue weighted by atomic mass is 10.1. The molecule has 0 saturated heterocycles. The van der Waals surface area contributed by atoms with Crippen LogP contribution in [0.3, 0.4) is 0 Å². The topological polar surface area (TPSA) is 32.3 Å². The van der Waals surface area contributed by atoms with Gasteiger partial charge in [0.15, 0.2) is 0 Å². The Morgan fingerprint density at radius 3 is 2.80 bits per heavy atom. The maximum Gasteiger partial charge on any atom is 0.139 e. The van der Waals surface area contributed by atoms with Gasteiger partial charge >= 0.3 is 0 Å². The van der Waals surface area contributed by atoms with Gasteiger partial charge in [0.1, 0.15) is 5.75 Å². The summed E-state index contributed by atoms with van der Waals surface area (Å²) in [5.74, 6) is 0.181. The molecule has 0 spiro atoms. The van der Waals surface area contributed by atoms with E-state index < -0.39 is 0 Å². The van der Waals surface area contributed by atoms with E-state index in [4.69, 9.17) is 11.6 Å². The SMILES string of the molecule is CC(NC1CC1)c1cc(Br)cc(Cl)c1O. The Morgan fingerprint density at radius 2 is 2.20 bits per heavy atom. The second kappa shape index (κ2) is 4.32. The van der Waals surface area contributed by atoms with Crippen molar-refractivity contribution in [1.82, 2.24) is 5.32 Å². The van der Waals surface area contributed by atoms with Crippen molar-refractivity contribution < 1.29 is 5.11 Å². The third-order valence-corrected chi connectivity index (χ3v) is 3.33. The van der Waals surface area contributed by atoms with Crippen LogP contribution in [0, 0.1) is 0 Å². The van der Waals surface area contributed by atoms with Gasteiger partial charge in [-0.1, -0.05) is 27.5 Å². The zero-order valence-electron chi connectivity index (χ0n) is 8.43. The summed E-state index contributed by atoms with van der Waals surface area (Å²) in [6, 6.07) is 4.34. The number of aromatic hydroxyl groups is 1. The van der Waals surface area contributed by atoms with E-state index in [2.05, 4.69) is 21.2 Å². The highest BCUT2D eigenvalue weighted by molar-refractivity contribution is 9.10. The zero-order valence-corrected chi connectivity index (χ0v) is 10.8. The number of rotatable bonds is 3. The van der Waals surface area contributed by atoms with Gasteiger partial charge in [-0.25, -0.2) is 0 Å². The van der Waals surface area contributed by atoms with Crippen LogP contribution in [0.5, 0.6) is 5.75 Å². The van der Waals surface area contributed by atoms with E-state index in [1.165, 1.54) is 12.8 Å². The lowest BCUT2D eigenvalue weighted by Gasteiger charge is -2.16. The van der Waals surface area contributed by atoms with E-state index in [9.17, 15) is 5.11 Å². The van der Waals surface area contributed by atoms with E-state index in [1.54, 1.807) is 6.07 Å². The molecule has 0 aromatic heterocycles. The average Bonchev–Trinajstić information content (AvgIpc) is 2.94. The van der Waals surface area contributed by atoms with Crippen molar-refractivity contribution in [2.45, 2.75) is 31.8 Å². The molecule has 1 aliphatic carbocycles. The Hall–Kier alpha value is -0.250. The number of phenols is 1. The molecule has 1 aromatic carbocycles. The standard InChI is InChI=1S/C11H13BrClNO/c1-6(14-8-2-3-8)9-4-7(12)5-10(13)11(9)15/h4-6,8,14-15H,2-3H2,1H3. The smallest absolute Gasteiger partial charge is 0.139 e. The van der Waals surface area contributed by atoms with Crippen molar-refractivity contribution in [1.29, 1.82) is 0 Å². The molecule has 1 saturated carbocycles. The number of phenolic OH excluding ortho intramolecular Hbond substituents is 1. The first-order valence-electron chi connectivity index (χ1n) is 5.02. The summed E-state index contributed by atoms with van der Waals surface area (Å²) in [5.41, 5.74) is 0.848. The van der Waals surface area contributed by atoms with E-state index in [0.29, 0.717) is 11.1 Å². The molecule has 1 fully saturated rings. The summed E-state index contributed by atoms with van der Waals surface area (Å²) in [6.45, 7) is 2.04. The normalized spacial score (nSPS) is 17.8. The molecule has 2 nitrogen and oxygen atoms in total. The molecule has 2 N–H and O–H groups in total. The lowest BCUT2D eigenvalue weighted by molar-refractivity contribution is 0.452. The van der Waals surface area contributed by atoms with Crippen molar-refractivity contribution in [3.63, 3.8) is 0 Å². The first kappa shape index (κ1) is 11.2. The summed E-state index contributed by atoms with van der Waals surface area (Å²) in [7, 11) is 0. The van der Waals surface area contributed by atoms with Crippen LogP contribution in [0.2, 0.25) is 5.02 Å². The zero-order chi connectivity index (χ0) is 11.0. The minimum atomic E-state index is 0.132. The minimum Gasteiger partial charge on any atom is -0.506 e. The molecule has 0 radical (unpaired) electrons. The number of halogens is 2. The van der Waals surface area contributed by atoms with E-state index >= 15 is 0 Å². The highest BCUT2D eigenvalue weighted by atomic mass is 79.9. The molecule has 15 heavy (non-hydrogen) atoms. The van der Waals surface area contributed by atoms with Crippen molar-refractivity contribution in [2.75, 3.05) is 0 Å². The van der Waals surface area contributed by atoms with E-state index in [1.807, 2.05) is 13.0 Å². The third-order valence-electron chi connectivity index (χ3n) is 2.59. The summed E-state index contributed by atoms with van der Waals surface area (Å²) >= 11 is 9.28. The monoisotopic (exact) mass is 289 g/mol. The van der Waals surface area contributed by atoms with Crippen LogP contribution in [-0.4, -0.2) is 11.1 Å². The number of nitrogens with one attached hydrogen (secondary N) is 1. The molecule has 0 amide bonds. The molecule has 1 unspecified atom stereocenters. The average molecular weight is 291 g/mol. The molecule has 0 aliphatic heterocycles. The van der Waals surface area contributed by atoms with Gasteiger partial charge in [-0.05, 0) is 31.9 Å². The van der Waals surface area contributed by atoms with Gasteiger partial charge in [0.25, 0.3) is 0 Å². The fraction of sp³-hybridized carbons (Fsp3) is 0.455. The summed E-state index contributed by atoms with van der Waals surface area (Å²) in [4.78, 5) is 0. The van der Waals surface area contributed by atoms with E-state index in [-0.39, 0.29) is 11.8 Å². The van der Waals surface area contributed by atoms with Crippen LogP contribution in [0.1, 0.15) is 31.4 Å². The molecule has 1 aromatic rings. The van der Waals surface area contributed by atoms with Gasteiger partial charge in [0, 0.05) is 22.1 Å². The maximum atomic E-state index is 9.83. The highest BCUT2D eigenvalue weighted by Crippen LogP contribution is 2.36. The van der Waals surface area contributed by atoms with Crippen LogP contribution in [0.4, 0.5) is 0 Å². The minimum absolute atomic E-state index is 0.132. The molecule has 1 atom stereocenters. The molecular formula is C11H13BrClNO. The Balaban J connectivity index is 2.24. The fourth-order valence-corrected chi connectivity index (χ4v) is 2.44. The largest absolute Gasteiger partial charge is 0.506 e. The van der Waals surface area contributed by atoms with Gasteiger partial charge in [-0.15, -0.1) is 0 Å². The fourth-order valence-electron chi connectivity index (χ4n) is 1.61. The van der Waals surface area contributed by atoms with Crippen molar-refractivity contribution >= 4 is 27.5 Å². The third kappa shape index (κ3) is 2.65. The summed E-state index contributed by atoms with van der Waals surface area (Å²) < 4.78 is 0.893. The van der Waals surface area contributed by atoms with Gasteiger partial charge < -0.3 is 10.4 Å². The van der Waals surface area contributed by atoms with Gasteiger partial charge in [0.05, 0.1) is 5.02 Å². The molecule has 82 valence electrons. The Morgan fingerprint density at radius 1 is 1.53 bits per heavy atom. The van der Waals surface area contributed by atoms with Crippen LogP contribution in [0.25, 0.3) is 0 Å². The van der Waals surface area contributed by atoms with Crippen molar-refractivity contribution in [3.8, 4) is 5.75 Å². The maximum absolute atomic E-state index is 9.83. The first-order valence-corrected chi connectivity index (χ1v) is 6.19. The van der Waals surface area contributed by atoms with Gasteiger partial charge in [-0.2, -0.15) is 0 Å². The highest BCUT2D eigenvalue weighted by Gasteiger charge is 2.24. The van der Waals surface area contributed by atoms with Gasteiger partial charge in [-0.3, -0.25) is 0 Å². The van der Waals surface area contributed by atoms with Crippen molar-refractivity contribution in [2.24, 2.45) is 0 Å². The molecule has 0 heterocycles. The van der Waals surface area contributed by atoms with Gasteiger partial charge in [0.2, 0.25) is 0 Å². The van der Waals surface area contributed by atoms with Crippen LogP contribution in [0.15, 0.2) is 16.6 Å². The quantitative estimate of drug-likeness (QED) is 0.891. The molecule has 4 heteroatoms. The van der Waals surface area contributed by atoms with Crippen LogP contribution < -0.4 is 5.32 Å². The van der Waals surface area contributed by atoms with Crippen LogP contribution >= 0.6 is 27.5 Å².